The minimum Gasteiger partial charge on any atom is -0.338 e. The highest BCUT2D eigenvalue weighted by molar-refractivity contribution is 7.97. The smallest absolute Gasteiger partial charge is 0.236 e. The molecule has 0 saturated carbocycles. The zero-order valence-electron chi connectivity index (χ0n) is 9.82. The van der Waals surface area contributed by atoms with E-state index >= 15 is 0 Å². The Bertz CT molecular complexity index is 510. The summed E-state index contributed by atoms with van der Waals surface area (Å²) in [5.74, 6) is 2.76. The number of thioether (sulfide) groups is 1. The minimum atomic E-state index is 0.639. The molecule has 2 rings (SSSR count). The molecule has 0 unspecified atom stereocenters. The lowest BCUT2D eigenvalue weighted by Crippen LogP contribution is -1.87. The second kappa shape index (κ2) is 6.45. The number of rotatable bonds is 5. The summed E-state index contributed by atoms with van der Waals surface area (Å²) in [6, 6.07) is 5.51. The summed E-state index contributed by atoms with van der Waals surface area (Å²) in [7, 11) is 0. The van der Waals surface area contributed by atoms with Crippen molar-refractivity contribution < 1.29 is 4.52 Å². The fourth-order valence-corrected chi connectivity index (χ4v) is 3.00. The molecule has 0 radical (unpaired) electrons. The Labute approximate surface area is 120 Å². The van der Waals surface area contributed by atoms with Gasteiger partial charge in [0.2, 0.25) is 5.89 Å². The maximum atomic E-state index is 6.09. The van der Waals surface area contributed by atoms with Crippen LogP contribution in [0.4, 0.5) is 0 Å². The molecule has 1 heterocycles. The third-order valence-electron chi connectivity index (χ3n) is 2.36. The van der Waals surface area contributed by atoms with E-state index in [0.717, 1.165) is 23.6 Å². The molecule has 6 heteroatoms. The van der Waals surface area contributed by atoms with Gasteiger partial charge in [0.25, 0.3) is 0 Å². The fraction of sp³-hybridized carbons (Fsp3) is 0.333. The first-order valence-electron chi connectivity index (χ1n) is 5.52. The molecule has 0 bridgehead atoms. The van der Waals surface area contributed by atoms with Gasteiger partial charge in [-0.3, -0.25) is 0 Å². The van der Waals surface area contributed by atoms with Crippen LogP contribution in [0.3, 0.4) is 0 Å². The molecule has 1 aromatic carbocycles. The van der Waals surface area contributed by atoms with E-state index in [4.69, 9.17) is 27.7 Å². The number of halogens is 2. The Morgan fingerprint density at radius 2 is 1.94 bits per heavy atom. The van der Waals surface area contributed by atoms with E-state index in [2.05, 4.69) is 10.1 Å². The molecule has 3 nitrogen and oxygen atoms in total. The van der Waals surface area contributed by atoms with Gasteiger partial charge in [0.15, 0.2) is 5.82 Å². The van der Waals surface area contributed by atoms with Gasteiger partial charge in [-0.25, -0.2) is 0 Å². The van der Waals surface area contributed by atoms with Crippen molar-refractivity contribution in [2.75, 3.05) is 0 Å². The second-order valence-electron chi connectivity index (χ2n) is 3.65. The van der Waals surface area contributed by atoms with Crippen molar-refractivity contribution in [1.82, 2.24) is 10.1 Å². The molecule has 1 aromatic heterocycles. The van der Waals surface area contributed by atoms with Gasteiger partial charge in [-0.2, -0.15) is 4.98 Å². The van der Waals surface area contributed by atoms with Crippen LogP contribution in [0.5, 0.6) is 0 Å². The zero-order chi connectivity index (χ0) is 13.0. The Balaban J connectivity index is 1.92. The molecular formula is C12H12Cl2N2OS. The summed E-state index contributed by atoms with van der Waals surface area (Å²) in [4.78, 5) is 4.24. The lowest BCUT2D eigenvalue weighted by atomic mass is 10.2. The van der Waals surface area contributed by atoms with Crippen molar-refractivity contribution in [1.29, 1.82) is 0 Å². The third-order valence-corrected chi connectivity index (χ3v) is 4.01. The van der Waals surface area contributed by atoms with E-state index in [1.54, 1.807) is 11.8 Å². The Kier molecular flexibility index (Phi) is 4.92. The van der Waals surface area contributed by atoms with Crippen LogP contribution < -0.4 is 0 Å². The lowest BCUT2D eigenvalue weighted by Gasteiger charge is -2.05. The van der Waals surface area contributed by atoms with Gasteiger partial charge in [0.1, 0.15) is 0 Å². The minimum absolute atomic E-state index is 0.639. The summed E-state index contributed by atoms with van der Waals surface area (Å²) in [6.45, 7) is 1.99. The Morgan fingerprint density at radius 3 is 2.56 bits per heavy atom. The van der Waals surface area contributed by atoms with Gasteiger partial charge in [0, 0.05) is 22.2 Å². The van der Waals surface area contributed by atoms with E-state index < -0.39 is 0 Å². The maximum absolute atomic E-state index is 6.09. The van der Waals surface area contributed by atoms with E-state index in [-0.39, 0.29) is 0 Å². The number of hydrogen-bond donors (Lipinski definition) is 0. The Hall–Kier alpha value is -0.710. The van der Waals surface area contributed by atoms with Crippen molar-refractivity contribution in [3.05, 3.63) is 45.5 Å². The van der Waals surface area contributed by atoms with Crippen molar-refractivity contribution >= 4 is 35.0 Å². The van der Waals surface area contributed by atoms with Crippen molar-refractivity contribution in [3.63, 3.8) is 0 Å². The van der Waals surface area contributed by atoms with E-state index in [1.165, 1.54) is 0 Å². The van der Waals surface area contributed by atoms with Crippen molar-refractivity contribution in [3.8, 4) is 0 Å². The SMILES string of the molecule is CCc1noc(CSCc2c(Cl)cccc2Cl)n1. The average molecular weight is 303 g/mol. The zero-order valence-corrected chi connectivity index (χ0v) is 12.1. The number of nitrogens with zero attached hydrogens (tertiary/aromatic N) is 2. The van der Waals surface area contributed by atoms with Gasteiger partial charge < -0.3 is 4.52 Å². The second-order valence-corrected chi connectivity index (χ2v) is 5.45. The van der Waals surface area contributed by atoms with Crippen LogP contribution in [-0.4, -0.2) is 10.1 Å². The molecule has 0 aliphatic heterocycles. The highest BCUT2D eigenvalue weighted by Gasteiger charge is 2.08. The number of hydrogen-bond acceptors (Lipinski definition) is 4. The van der Waals surface area contributed by atoms with Gasteiger partial charge in [0.05, 0.1) is 5.75 Å². The largest absolute Gasteiger partial charge is 0.338 e. The summed E-state index contributed by atoms with van der Waals surface area (Å²) in [6.07, 6.45) is 0.782. The molecule has 0 saturated heterocycles. The van der Waals surface area contributed by atoms with Crippen LogP contribution in [0.2, 0.25) is 10.0 Å². The van der Waals surface area contributed by atoms with Crippen molar-refractivity contribution in [2.24, 2.45) is 0 Å². The average Bonchev–Trinajstić information content (AvgIpc) is 2.81. The van der Waals surface area contributed by atoms with Gasteiger partial charge >= 0.3 is 0 Å². The topological polar surface area (TPSA) is 38.9 Å². The lowest BCUT2D eigenvalue weighted by molar-refractivity contribution is 0.385. The van der Waals surface area contributed by atoms with E-state index in [1.807, 2.05) is 25.1 Å². The van der Waals surface area contributed by atoms with Crippen LogP contribution in [0.25, 0.3) is 0 Å². The molecule has 0 atom stereocenters. The predicted molar refractivity (Wildman–Crippen MR) is 75.1 cm³/mol. The predicted octanol–water partition coefficient (Wildman–Crippen LogP) is 4.37. The molecule has 96 valence electrons. The van der Waals surface area contributed by atoms with Gasteiger partial charge in [-0.15, -0.1) is 11.8 Å². The summed E-state index contributed by atoms with van der Waals surface area (Å²) in [5.41, 5.74) is 0.945. The molecule has 18 heavy (non-hydrogen) atoms. The quantitative estimate of drug-likeness (QED) is 0.822. The monoisotopic (exact) mass is 302 g/mol. The normalized spacial score (nSPS) is 10.8. The summed E-state index contributed by atoms with van der Waals surface area (Å²) < 4.78 is 5.11. The first-order valence-corrected chi connectivity index (χ1v) is 7.44. The van der Waals surface area contributed by atoms with E-state index in [0.29, 0.717) is 21.7 Å². The maximum Gasteiger partial charge on any atom is 0.236 e. The van der Waals surface area contributed by atoms with Gasteiger partial charge in [-0.05, 0) is 17.7 Å². The molecular weight excluding hydrogens is 291 g/mol. The van der Waals surface area contributed by atoms with Crippen LogP contribution in [0.1, 0.15) is 24.2 Å². The standard InChI is InChI=1S/C12H12Cl2N2OS/c1-2-11-15-12(17-16-11)7-18-6-8-9(13)4-3-5-10(8)14/h3-5H,2,6-7H2,1H3. The molecule has 0 spiro atoms. The molecule has 2 aromatic rings. The summed E-state index contributed by atoms with van der Waals surface area (Å²) >= 11 is 13.8. The van der Waals surface area contributed by atoms with Gasteiger partial charge in [-0.1, -0.05) is 41.3 Å². The number of benzene rings is 1. The molecule has 0 aliphatic carbocycles. The fourth-order valence-electron chi connectivity index (χ4n) is 1.40. The molecule has 0 amide bonds. The van der Waals surface area contributed by atoms with E-state index in [9.17, 15) is 0 Å². The third kappa shape index (κ3) is 3.40. The highest BCUT2D eigenvalue weighted by Crippen LogP contribution is 2.29. The molecule has 0 N–H and O–H groups in total. The number of aromatic nitrogens is 2. The van der Waals surface area contributed by atoms with Crippen molar-refractivity contribution in [2.45, 2.75) is 24.9 Å². The highest BCUT2D eigenvalue weighted by atomic mass is 35.5. The van der Waals surface area contributed by atoms with Crippen LogP contribution in [0.15, 0.2) is 22.7 Å². The van der Waals surface area contributed by atoms with Crippen LogP contribution in [-0.2, 0) is 17.9 Å². The molecule has 0 aliphatic rings. The summed E-state index contributed by atoms with van der Waals surface area (Å²) in [5, 5.41) is 5.22. The first kappa shape index (κ1) is 13.7. The number of aryl methyl sites for hydroxylation is 1. The Morgan fingerprint density at radius 1 is 1.22 bits per heavy atom. The van der Waals surface area contributed by atoms with Crippen LogP contribution >= 0.6 is 35.0 Å². The first-order chi connectivity index (χ1) is 8.70. The van der Waals surface area contributed by atoms with Crippen LogP contribution in [0, 0.1) is 0 Å². The molecule has 0 fully saturated rings.